The molecule has 0 radical (unpaired) electrons. The molecule has 7 rings (SSSR count). The van der Waals surface area contributed by atoms with Crippen molar-refractivity contribution in [3.8, 4) is 17.2 Å². The van der Waals surface area contributed by atoms with Gasteiger partial charge in [-0.25, -0.2) is 8.78 Å². The van der Waals surface area contributed by atoms with Gasteiger partial charge in [-0.3, -0.25) is 4.90 Å². The molecule has 0 fully saturated rings. The minimum absolute atomic E-state index is 0.0685. The number of aryl methyl sites for hydroxylation is 1. The van der Waals surface area contributed by atoms with E-state index in [9.17, 15) is 8.78 Å². The number of hydrogen-bond donors (Lipinski definition) is 1. The Balaban J connectivity index is 1.30. The van der Waals surface area contributed by atoms with Gasteiger partial charge in [0.05, 0.1) is 20.3 Å². The summed E-state index contributed by atoms with van der Waals surface area (Å²) < 4.78 is 46.0. The van der Waals surface area contributed by atoms with E-state index in [1.165, 1.54) is 34.9 Å². The molecule has 2 aliphatic rings. The fourth-order valence-corrected chi connectivity index (χ4v) is 6.65. The van der Waals surface area contributed by atoms with E-state index in [0.717, 1.165) is 52.9 Å². The average Bonchev–Trinajstić information content (AvgIpc) is 3.36. The van der Waals surface area contributed by atoms with Crippen molar-refractivity contribution in [3.63, 3.8) is 0 Å². The summed E-state index contributed by atoms with van der Waals surface area (Å²) in [5.74, 6) is 1.51. The van der Waals surface area contributed by atoms with E-state index >= 15 is 0 Å². The molecular formula is C35H32F2N2O3. The quantitative estimate of drug-likeness (QED) is 0.230. The second-order valence-electron chi connectivity index (χ2n) is 11.2. The van der Waals surface area contributed by atoms with Gasteiger partial charge in [-0.05, 0) is 96.1 Å². The van der Waals surface area contributed by atoms with Crippen LogP contribution >= 0.6 is 0 Å². The van der Waals surface area contributed by atoms with Gasteiger partial charge in [-0.1, -0.05) is 24.3 Å². The van der Waals surface area contributed by atoms with Gasteiger partial charge in [0.15, 0.2) is 11.5 Å². The highest BCUT2D eigenvalue weighted by Gasteiger charge is 2.41. The van der Waals surface area contributed by atoms with Crippen LogP contribution in [-0.2, 0) is 19.4 Å². The molecule has 7 heteroatoms. The largest absolute Gasteiger partial charge is 0.497 e. The highest BCUT2D eigenvalue weighted by atomic mass is 19.1. The number of nitrogens with one attached hydrogen (secondary N) is 1. The third-order valence-electron chi connectivity index (χ3n) is 8.75. The van der Waals surface area contributed by atoms with Crippen molar-refractivity contribution in [2.45, 2.75) is 38.5 Å². The molecule has 5 aromatic rings. The lowest BCUT2D eigenvalue weighted by molar-refractivity contribution is 0.127. The summed E-state index contributed by atoms with van der Waals surface area (Å²) in [6, 6.07) is 22.3. The Labute approximate surface area is 243 Å². The van der Waals surface area contributed by atoms with Crippen molar-refractivity contribution < 1.29 is 23.0 Å². The molecule has 2 atom stereocenters. The zero-order valence-corrected chi connectivity index (χ0v) is 23.8. The molecule has 0 saturated carbocycles. The molecule has 0 spiro atoms. The number of aromatic nitrogens is 1. The van der Waals surface area contributed by atoms with E-state index in [0.29, 0.717) is 17.1 Å². The van der Waals surface area contributed by atoms with Crippen LogP contribution in [0.4, 0.5) is 8.78 Å². The van der Waals surface area contributed by atoms with Crippen LogP contribution < -0.4 is 14.2 Å². The highest BCUT2D eigenvalue weighted by Crippen LogP contribution is 2.50. The Hall–Kier alpha value is -4.36. The van der Waals surface area contributed by atoms with Crippen LogP contribution in [0, 0.1) is 18.6 Å². The summed E-state index contributed by atoms with van der Waals surface area (Å²) >= 11 is 0. The molecule has 3 heterocycles. The first kappa shape index (κ1) is 26.5. The molecular weight excluding hydrogens is 534 g/mol. The van der Waals surface area contributed by atoms with E-state index in [2.05, 4.69) is 34.1 Å². The molecule has 0 aliphatic carbocycles. The van der Waals surface area contributed by atoms with Gasteiger partial charge in [0.1, 0.15) is 24.0 Å². The monoisotopic (exact) mass is 566 g/mol. The van der Waals surface area contributed by atoms with Gasteiger partial charge in [-0.15, -0.1) is 0 Å². The molecule has 5 nitrogen and oxygen atoms in total. The second-order valence-corrected chi connectivity index (χ2v) is 11.2. The van der Waals surface area contributed by atoms with Crippen molar-refractivity contribution in [1.29, 1.82) is 0 Å². The Kier molecular flexibility index (Phi) is 6.62. The molecule has 2 aliphatic heterocycles. The lowest BCUT2D eigenvalue weighted by Crippen LogP contribution is -2.43. The maximum Gasteiger partial charge on any atom is 0.161 e. The van der Waals surface area contributed by atoms with E-state index < -0.39 is 0 Å². The summed E-state index contributed by atoms with van der Waals surface area (Å²) in [7, 11) is 3.31. The number of halogens is 2. The van der Waals surface area contributed by atoms with Crippen LogP contribution in [0.25, 0.3) is 10.9 Å². The van der Waals surface area contributed by atoms with Crippen LogP contribution in [0.1, 0.15) is 51.2 Å². The van der Waals surface area contributed by atoms with Crippen molar-refractivity contribution in [2.75, 3.05) is 20.8 Å². The molecule has 214 valence electrons. The first-order valence-electron chi connectivity index (χ1n) is 14.2. The number of benzene rings is 4. The summed E-state index contributed by atoms with van der Waals surface area (Å²) in [5, 5.41) is 1.13. The van der Waals surface area contributed by atoms with Crippen molar-refractivity contribution >= 4 is 10.9 Å². The van der Waals surface area contributed by atoms with Gasteiger partial charge < -0.3 is 19.2 Å². The van der Waals surface area contributed by atoms with Crippen LogP contribution in [0.2, 0.25) is 0 Å². The van der Waals surface area contributed by atoms with E-state index in [1.807, 2.05) is 31.2 Å². The zero-order chi connectivity index (χ0) is 29.0. The van der Waals surface area contributed by atoms with E-state index in [1.54, 1.807) is 20.3 Å². The van der Waals surface area contributed by atoms with Crippen LogP contribution in [0.15, 0.2) is 72.8 Å². The number of aromatic amines is 1. The smallest absolute Gasteiger partial charge is 0.161 e. The highest BCUT2D eigenvalue weighted by molar-refractivity contribution is 5.87. The van der Waals surface area contributed by atoms with Gasteiger partial charge in [0.2, 0.25) is 0 Å². The van der Waals surface area contributed by atoms with Gasteiger partial charge in [-0.2, -0.15) is 0 Å². The van der Waals surface area contributed by atoms with Crippen LogP contribution in [0.5, 0.6) is 17.2 Å². The number of methoxy groups -OCH3 is 2. The summed E-state index contributed by atoms with van der Waals surface area (Å²) in [6.45, 7) is 2.80. The third kappa shape index (κ3) is 4.49. The Bertz CT molecular complexity index is 1800. The molecule has 0 saturated heterocycles. The number of H-pyrrole nitrogens is 1. The Morgan fingerprint density at radius 3 is 2.50 bits per heavy atom. The zero-order valence-electron chi connectivity index (χ0n) is 23.8. The maximum absolute atomic E-state index is 14.5. The van der Waals surface area contributed by atoms with E-state index in [4.69, 9.17) is 14.2 Å². The number of rotatable bonds is 6. The predicted molar refractivity (Wildman–Crippen MR) is 158 cm³/mol. The minimum atomic E-state index is -0.275. The molecule has 1 aromatic heterocycles. The Morgan fingerprint density at radius 1 is 0.905 bits per heavy atom. The number of ether oxygens (including phenoxy) is 3. The lowest BCUT2D eigenvalue weighted by Gasteiger charge is -2.46. The normalized spacial score (nSPS) is 17.8. The standard InChI is InChI=1S/C35H32F2N2O3/c1-20-4-5-23(29(37)14-20)19-42-33-15-22-12-13-39-31(26(22)18-32(33)41-3)17-28-27-16-25(40-2)10-11-30(27)38-34(28)35(39)21-6-8-24(36)9-7-21/h4-11,14-16,18,31,35,38H,12-13,17,19H2,1-3H3. The predicted octanol–water partition coefficient (Wildman–Crippen LogP) is 7.60. The number of nitrogens with zero attached hydrogens (tertiary/aromatic N) is 1. The maximum atomic E-state index is 14.5. The molecule has 2 unspecified atom stereocenters. The van der Waals surface area contributed by atoms with Crippen molar-refractivity contribution in [1.82, 2.24) is 9.88 Å². The minimum Gasteiger partial charge on any atom is -0.497 e. The van der Waals surface area contributed by atoms with Crippen LogP contribution in [-0.4, -0.2) is 30.6 Å². The first-order chi connectivity index (χ1) is 20.4. The SMILES string of the molecule is COc1ccc2[nH]c3c(c2c1)CC1c2cc(OC)c(OCc4ccc(C)cc4F)cc2CCN1C3c1ccc(F)cc1. The van der Waals surface area contributed by atoms with Gasteiger partial charge in [0, 0.05) is 34.7 Å². The van der Waals surface area contributed by atoms with E-state index in [-0.39, 0.29) is 30.3 Å². The summed E-state index contributed by atoms with van der Waals surface area (Å²) in [4.78, 5) is 6.20. The fraction of sp³-hybridized carbons (Fsp3) is 0.257. The first-order valence-corrected chi connectivity index (χ1v) is 14.2. The number of fused-ring (bicyclic) bond motifs is 6. The third-order valence-corrected chi connectivity index (χ3v) is 8.75. The second kappa shape index (κ2) is 10.5. The number of hydrogen-bond acceptors (Lipinski definition) is 4. The molecule has 0 amide bonds. The molecule has 1 N–H and O–H groups in total. The van der Waals surface area contributed by atoms with Crippen LogP contribution in [0.3, 0.4) is 0 Å². The molecule has 0 bridgehead atoms. The summed E-state index contributed by atoms with van der Waals surface area (Å²) in [6.07, 6.45) is 1.61. The molecule has 42 heavy (non-hydrogen) atoms. The Morgan fingerprint density at radius 2 is 1.74 bits per heavy atom. The summed E-state index contributed by atoms with van der Waals surface area (Å²) in [5.41, 5.74) is 8.21. The lowest BCUT2D eigenvalue weighted by atomic mass is 9.80. The van der Waals surface area contributed by atoms with Gasteiger partial charge in [0.25, 0.3) is 0 Å². The van der Waals surface area contributed by atoms with Crippen molar-refractivity contribution in [2.24, 2.45) is 0 Å². The van der Waals surface area contributed by atoms with Crippen molar-refractivity contribution in [3.05, 3.63) is 124 Å². The fourth-order valence-electron chi connectivity index (χ4n) is 6.65. The topological polar surface area (TPSA) is 46.7 Å². The molecule has 4 aromatic carbocycles. The average molecular weight is 567 g/mol. The van der Waals surface area contributed by atoms with Gasteiger partial charge >= 0.3 is 0 Å².